The van der Waals surface area contributed by atoms with Crippen molar-refractivity contribution in [2.75, 3.05) is 11.9 Å². The van der Waals surface area contributed by atoms with Crippen LogP contribution in [-0.2, 0) is 0 Å². The summed E-state index contributed by atoms with van der Waals surface area (Å²) in [5, 5.41) is 6.98. The average Bonchev–Trinajstić information content (AvgIpc) is 2.86. The molecule has 2 aromatic heterocycles. The van der Waals surface area contributed by atoms with E-state index in [0.29, 0.717) is 5.41 Å². The van der Waals surface area contributed by atoms with Crippen LogP contribution >= 0.6 is 11.3 Å². The maximum Gasteiger partial charge on any atom is 0.134 e. The summed E-state index contributed by atoms with van der Waals surface area (Å²) in [4.78, 5) is 4.49. The van der Waals surface area contributed by atoms with Crippen LogP contribution in [0.4, 0.5) is 5.82 Å². The third-order valence-electron chi connectivity index (χ3n) is 4.12. The molecule has 2 aromatic rings. The zero-order valence-electron chi connectivity index (χ0n) is 10.9. The van der Waals surface area contributed by atoms with Crippen molar-refractivity contribution in [3.05, 3.63) is 23.7 Å². The van der Waals surface area contributed by atoms with Gasteiger partial charge in [-0.15, -0.1) is 11.3 Å². The topological polar surface area (TPSA) is 24.9 Å². The summed E-state index contributed by atoms with van der Waals surface area (Å²) in [6, 6.07) is 4.26. The minimum atomic E-state index is 0.456. The van der Waals surface area contributed by atoms with E-state index in [-0.39, 0.29) is 0 Å². The van der Waals surface area contributed by atoms with E-state index in [9.17, 15) is 0 Å². The van der Waals surface area contributed by atoms with Gasteiger partial charge in [0.15, 0.2) is 0 Å². The first-order chi connectivity index (χ1) is 8.77. The number of anilines is 1. The summed E-state index contributed by atoms with van der Waals surface area (Å²) in [7, 11) is 0. The lowest BCUT2D eigenvalue weighted by atomic mass is 9.76. The van der Waals surface area contributed by atoms with Gasteiger partial charge >= 0.3 is 0 Å². The van der Waals surface area contributed by atoms with Gasteiger partial charge in [-0.05, 0) is 35.8 Å². The lowest BCUT2D eigenvalue weighted by molar-refractivity contribution is 0.233. The van der Waals surface area contributed by atoms with Crippen LogP contribution in [0, 0.1) is 5.41 Å². The smallest absolute Gasteiger partial charge is 0.134 e. The summed E-state index contributed by atoms with van der Waals surface area (Å²) < 4.78 is 1.32. The Morgan fingerprint density at radius 2 is 2.11 bits per heavy atom. The maximum absolute atomic E-state index is 4.49. The Morgan fingerprint density at radius 1 is 1.28 bits per heavy atom. The Hall–Kier alpha value is -1.09. The van der Waals surface area contributed by atoms with Crippen LogP contribution in [-0.4, -0.2) is 11.5 Å². The highest BCUT2D eigenvalue weighted by Gasteiger charge is 2.26. The van der Waals surface area contributed by atoms with Crippen molar-refractivity contribution in [2.45, 2.75) is 39.0 Å². The summed E-state index contributed by atoms with van der Waals surface area (Å²) in [5.74, 6) is 1.06. The van der Waals surface area contributed by atoms with E-state index in [2.05, 4.69) is 34.7 Å². The third-order valence-corrected chi connectivity index (χ3v) is 5.01. The maximum atomic E-state index is 4.49. The fraction of sp³-hybridized carbons (Fsp3) is 0.533. The number of nitrogens with one attached hydrogen (secondary N) is 1. The minimum absolute atomic E-state index is 0.456. The molecule has 0 amide bonds. The summed E-state index contributed by atoms with van der Waals surface area (Å²) in [5.41, 5.74) is 0.456. The van der Waals surface area contributed by atoms with Crippen LogP contribution in [0.25, 0.3) is 10.1 Å². The average molecular weight is 260 g/mol. The largest absolute Gasteiger partial charge is 0.369 e. The molecule has 0 bridgehead atoms. The van der Waals surface area contributed by atoms with E-state index in [0.717, 1.165) is 12.4 Å². The molecule has 18 heavy (non-hydrogen) atoms. The number of thiophene rings is 1. The van der Waals surface area contributed by atoms with Crippen molar-refractivity contribution < 1.29 is 0 Å². The van der Waals surface area contributed by atoms with Gasteiger partial charge in [-0.1, -0.05) is 26.2 Å². The third kappa shape index (κ3) is 2.37. The van der Waals surface area contributed by atoms with Gasteiger partial charge < -0.3 is 5.32 Å². The zero-order chi connectivity index (χ0) is 12.4. The molecule has 1 aliphatic carbocycles. The van der Waals surface area contributed by atoms with Crippen molar-refractivity contribution in [3.8, 4) is 0 Å². The Balaban J connectivity index is 1.74. The van der Waals surface area contributed by atoms with Crippen molar-refractivity contribution in [3.63, 3.8) is 0 Å². The fourth-order valence-electron chi connectivity index (χ4n) is 2.91. The molecule has 3 rings (SSSR count). The lowest BCUT2D eigenvalue weighted by Gasteiger charge is -2.33. The second-order valence-electron chi connectivity index (χ2n) is 5.72. The number of hydrogen-bond acceptors (Lipinski definition) is 3. The van der Waals surface area contributed by atoms with Crippen molar-refractivity contribution >= 4 is 27.2 Å². The van der Waals surface area contributed by atoms with Crippen LogP contribution < -0.4 is 5.32 Å². The lowest BCUT2D eigenvalue weighted by Crippen LogP contribution is -2.29. The molecule has 2 heterocycles. The first kappa shape index (κ1) is 12.0. The summed E-state index contributed by atoms with van der Waals surface area (Å²) >= 11 is 1.78. The molecule has 0 unspecified atom stereocenters. The van der Waals surface area contributed by atoms with E-state index in [4.69, 9.17) is 0 Å². The molecule has 1 saturated carbocycles. The molecule has 0 aromatic carbocycles. The van der Waals surface area contributed by atoms with Gasteiger partial charge in [0.05, 0.1) is 0 Å². The van der Waals surface area contributed by atoms with Crippen molar-refractivity contribution in [1.29, 1.82) is 0 Å². The second-order valence-corrected chi connectivity index (χ2v) is 6.66. The summed E-state index contributed by atoms with van der Waals surface area (Å²) in [6.45, 7) is 3.46. The van der Waals surface area contributed by atoms with Gasteiger partial charge in [0.2, 0.25) is 0 Å². The summed E-state index contributed by atoms with van der Waals surface area (Å²) in [6.07, 6.45) is 8.78. The second kappa shape index (κ2) is 4.88. The molecule has 1 N–H and O–H groups in total. The monoisotopic (exact) mass is 260 g/mol. The van der Waals surface area contributed by atoms with E-state index in [1.54, 1.807) is 11.3 Å². The molecule has 0 aliphatic heterocycles. The Morgan fingerprint density at radius 3 is 2.94 bits per heavy atom. The molecule has 0 spiro atoms. The van der Waals surface area contributed by atoms with Gasteiger partial charge in [0, 0.05) is 22.8 Å². The molecule has 0 atom stereocenters. The van der Waals surface area contributed by atoms with Crippen molar-refractivity contribution in [2.24, 2.45) is 5.41 Å². The molecular weight excluding hydrogens is 240 g/mol. The van der Waals surface area contributed by atoms with Crippen molar-refractivity contribution in [1.82, 2.24) is 4.98 Å². The predicted molar refractivity (Wildman–Crippen MR) is 79.3 cm³/mol. The van der Waals surface area contributed by atoms with Crippen LogP contribution in [0.5, 0.6) is 0 Å². The van der Waals surface area contributed by atoms with E-state index >= 15 is 0 Å². The van der Waals surface area contributed by atoms with Crippen LogP contribution in [0.1, 0.15) is 39.0 Å². The van der Waals surface area contributed by atoms with E-state index in [1.165, 1.54) is 42.2 Å². The Bertz CT molecular complexity index is 526. The highest BCUT2D eigenvalue weighted by molar-refractivity contribution is 7.17. The van der Waals surface area contributed by atoms with Gasteiger partial charge in [-0.3, -0.25) is 0 Å². The van der Waals surface area contributed by atoms with E-state index < -0.39 is 0 Å². The molecular formula is C15H20N2S. The van der Waals surface area contributed by atoms with Crippen LogP contribution in [0.3, 0.4) is 0 Å². The normalized spacial score (nSPS) is 18.9. The zero-order valence-corrected chi connectivity index (χ0v) is 11.7. The molecule has 1 aliphatic rings. The number of pyridine rings is 1. The van der Waals surface area contributed by atoms with Crippen LogP contribution in [0.2, 0.25) is 0 Å². The molecule has 96 valence electrons. The molecule has 0 radical (unpaired) electrons. The van der Waals surface area contributed by atoms with Gasteiger partial charge in [-0.2, -0.15) is 0 Å². The highest BCUT2D eigenvalue weighted by atomic mass is 32.1. The fourth-order valence-corrected chi connectivity index (χ4v) is 3.70. The number of nitrogens with zero attached hydrogens (tertiary/aromatic N) is 1. The minimum Gasteiger partial charge on any atom is -0.369 e. The molecule has 1 fully saturated rings. The first-order valence-corrected chi connectivity index (χ1v) is 7.71. The number of aromatic nitrogens is 1. The molecule has 3 heteroatoms. The number of rotatable bonds is 3. The van der Waals surface area contributed by atoms with E-state index in [1.807, 2.05) is 6.20 Å². The predicted octanol–water partition coefficient (Wildman–Crippen LogP) is 4.68. The molecule has 0 saturated heterocycles. The number of fused-ring (bicyclic) bond motifs is 1. The Labute approximate surface area is 112 Å². The SMILES string of the molecule is CC1(CNc2nccc3sccc23)CCCCC1. The number of hydrogen-bond donors (Lipinski definition) is 1. The van der Waals surface area contributed by atoms with Gasteiger partial charge in [0.1, 0.15) is 5.82 Å². The quantitative estimate of drug-likeness (QED) is 0.866. The Kier molecular flexibility index (Phi) is 3.25. The first-order valence-electron chi connectivity index (χ1n) is 6.83. The van der Waals surface area contributed by atoms with Gasteiger partial charge in [-0.25, -0.2) is 4.98 Å². The van der Waals surface area contributed by atoms with Crippen LogP contribution in [0.15, 0.2) is 23.7 Å². The van der Waals surface area contributed by atoms with Gasteiger partial charge in [0.25, 0.3) is 0 Å². The standard InChI is InChI=1S/C15H20N2S/c1-15(7-3-2-4-8-15)11-17-14-12-6-10-18-13(12)5-9-16-14/h5-6,9-10H,2-4,7-8,11H2,1H3,(H,16,17). The highest BCUT2D eigenvalue weighted by Crippen LogP contribution is 2.36. The molecule has 2 nitrogen and oxygen atoms in total.